The van der Waals surface area contributed by atoms with Crippen molar-refractivity contribution in [3.63, 3.8) is 0 Å². The first-order valence-corrected chi connectivity index (χ1v) is 8.20. The molecule has 0 saturated carbocycles. The summed E-state index contributed by atoms with van der Waals surface area (Å²) in [5.41, 5.74) is 4.86. The quantitative estimate of drug-likeness (QED) is 0.572. The van der Waals surface area contributed by atoms with Gasteiger partial charge in [-0.15, -0.1) is 0 Å². The van der Waals surface area contributed by atoms with E-state index >= 15 is 0 Å². The van der Waals surface area contributed by atoms with Crippen LogP contribution in [0.3, 0.4) is 0 Å². The van der Waals surface area contributed by atoms with E-state index in [2.05, 4.69) is 34.4 Å². The minimum absolute atomic E-state index is 0.402. The van der Waals surface area contributed by atoms with Crippen LogP contribution in [0.25, 0.3) is 0 Å². The average molecular weight is 339 g/mol. The lowest BCUT2D eigenvalue weighted by Gasteiger charge is -2.06. The maximum absolute atomic E-state index is 5.58. The van der Waals surface area contributed by atoms with Crippen LogP contribution in [0.15, 0.2) is 52.9 Å². The third kappa shape index (κ3) is 5.04. The summed E-state index contributed by atoms with van der Waals surface area (Å²) in [6.07, 6.45) is 2.53. The van der Waals surface area contributed by atoms with E-state index in [9.17, 15) is 0 Å². The minimum atomic E-state index is 0.402. The molecule has 3 rings (SSSR count). The van der Waals surface area contributed by atoms with Crippen LogP contribution in [0.5, 0.6) is 5.88 Å². The van der Waals surface area contributed by atoms with Crippen LogP contribution < -0.4 is 4.74 Å². The molecule has 0 spiro atoms. The molecular formula is C19H21N3O3. The highest BCUT2D eigenvalue weighted by atomic mass is 16.6. The van der Waals surface area contributed by atoms with Crippen molar-refractivity contribution in [2.24, 2.45) is 10.3 Å². The van der Waals surface area contributed by atoms with E-state index in [1.807, 2.05) is 31.2 Å². The fourth-order valence-electron chi connectivity index (χ4n) is 2.22. The highest BCUT2D eigenvalue weighted by Crippen LogP contribution is 2.11. The molecule has 0 atom stereocenters. The molecular weight excluding hydrogens is 318 g/mol. The molecule has 1 aromatic carbocycles. The van der Waals surface area contributed by atoms with Crippen molar-refractivity contribution in [1.82, 2.24) is 4.98 Å². The molecule has 2 heterocycles. The highest BCUT2D eigenvalue weighted by molar-refractivity contribution is 5.98. The van der Waals surface area contributed by atoms with Gasteiger partial charge in [-0.2, -0.15) is 0 Å². The largest absolute Gasteiger partial charge is 0.471 e. The summed E-state index contributed by atoms with van der Waals surface area (Å²) < 4.78 is 5.58. The van der Waals surface area contributed by atoms with Gasteiger partial charge in [0, 0.05) is 24.2 Å². The number of oxime groups is 2. The van der Waals surface area contributed by atoms with Gasteiger partial charge in [0.25, 0.3) is 0 Å². The molecule has 1 aromatic heterocycles. The Hall–Kier alpha value is -2.89. The number of ether oxygens (including phenoxy) is 1. The number of pyridine rings is 1. The van der Waals surface area contributed by atoms with Gasteiger partial charge in [0.05, 0.1) is 11.4 Å². The van der Waals surface area contributed by atoms with Crippen molar-refractivity contribution < 1.29 is 14.4 Å². The highest BCUT2D eigenvalue weighted by Gasteiger charge is 2.09. The van der Waals surface area contributed by atoms with Crippen molar-refractivity contribution in [3.8, 4) is 5.88 Å². The molecule has 0 N–H and O–H groups in total. The van der Waals surface area contributed by atoms with Crippen LogP contribution in [-0.4, -0.2) is 29.6 Å². The molecule has 2 aromatic rings. The first-order chi connectivity index (χ1) is 12.2. The molecule has 0 bridgehead atoms. The number of aryl methyl sites for hydroxylation is 1. The molecule has 1 aliphatic heterocycles. The first kappa shape index (κ1) is 17.0. The average Bonchev–Trinajstić information content (AvgIpc) is 3.15. The van der Waals surface area contributed by atoms with Crippen molar-refractivity contribution in [2.75, 3.05) is 13.2 Å². The van der Waals surface area contributed by atoms with Gasteiger partial charge >= 0.3 is 0 Å². The van der Waals surface area contributed by atoms with Gasteiger partial charge in [-0.25, -0.2) is 4.98 Å². The Morgan fingerprint density at radius 1 is 1.16 bits per heavy atom. The van der Waals surface area contributed by atoms with Gasteiger partial charge in [-0.3, -0.25) is 0 Å². The zero-order chi connectivity index (χ0) is 17.5. The van der Waals surface area contributed by atoms with E-state index in [1.54, 1.807) is 6.20 Å². The van der Waals surface area contributed by atoms with Crippen LogP contribution in [0.2, 0.25) is 0 Å². The summed E-state index contributed by atoms with van der Waals surface area (Å²) in [4.78, 5) is 14.6. The molecule has 1 aliphatic rings. The lowest BCUT2D eigenvalue weighted by atomic mass is 10.2. The fourth-order valence-corrected chi connectivity index (χ4v) is 2.22. The third-order valence-corrected chi connectivity index (χ3v) is 3.77. The summed E-state index contributed by atoms with van der Waals surface area (Å²) in [5.74, 6) is 0.548. The van der Waals surface area contributed by atoms with E-state index in [-0.39, 0.29) is 0 Å². The summed E-state index contributed by atoms with van der Waals surface area (Å²) >= 11 is 0. The van der Waals surface area contributed by atoms with E-state index in [0.29, 0.717) is 25.7 Å². The number of hydrogen-bond acceptors (Lipinski definition) is 6. The maximum atomic E-state index is 5.58. The van der Waals surface area contributed by atoms with Crippen LogP contribution in [0, 0.1) is 6.92 Å². The molecule has 6 heteroatoms. The Morgan fingerprint density at radius 2 is 2.00 bits per heavy atom. The second-order valence-corrected chi connectivity index (χ2v) is 5.85. The molecule has 0 amide bonds. The summed E-state index contributed by atoms with van der Waals surface area (Å²) in [6, 6.07) is 11.9. The van der Waals surface area contributed by atoms with Crippen molar-refractivity contribution in [2.45, 2.75) is 26.9 Å². The Bertz CT molecular complexity index is 752. The molecule has 130 valence electrons. The summed E-state index contributed by atoms with van der Waals surface area (Å²) in [7, 11) is 0. The number of hydrogen-bond donors (Lipinski definition) is 0. The van der Waals surface area contributed by atoms with Crippen molar-refractivity contribution in [1.29, 1.82) is 0 Å². The lowest BCUT2D eigenvalue weighted by molar-refractivity contribution is 0.130. The molecule has 25 heavy (non-hydrogen) atoms. The number of rotatable bonds is 7. The van der Waals surface area contributed by atoms with Crippen molar-refractivity contribution in [3.05, 3.63) is 59.3 Å². The van der Waals surface area contributed by atoms with Gasteiger partial charge in [-0.05, 0) is 25.5 Å². The number of aromatic nitrogens is 1. The molecule has 6 nitrogen and oxygen atoms in total. The van der Waals surface area contributed by atoms with E-state index < -0.39 is 0 Å². The Labute approximate surface area is 147 Å². The van der Waals surface area contributed by atoms with E-state index in [0.717, 1.165) is 29.0 Å². The third-order valence-electron chi connectivity index (χ3n) is 3.77. The molecule has 0 aliphatic carbocycles. The zero-order valence-electron chi connectivity index (χ0n) is 14.4. The Kier molecular flexibility index (Phi) is 5.61. The van der Waals surface area contributed by atoms with Gasteiger partial charge < -0.3 is 14.4 Å². The second kappa shape index (κ2) is 8.28. The molecule has 0 saturated heterocycles. The van der Waals surface area contributed by atoms with Crippen molar-refractivity contribution >= 4 is 11.4 Å². The van der Waals surface area contributed by atoms with E-state index in [1.165, 1.54) is 5.56 Å². The molecule has 0 fully saturated rings. The van der Waals surface area contributed by atoms with E-state index in [4.69, 9.17) is 14.4 Å². The first-order valence-electron chi connectivity index (χ1n) is 8.20. The monoisotopic (exact) mass is 339 g/mol. The summed E-state index contributed by atoms with van der Waals surface area (Å²) in [5, 5.41) is 8.04. The zero-order valence-corrected chi connectivity index (χ0v) is 14.4. The predicted octanol–water partition coefficient (Wildman–Crippen LogP) is 3.49. The Balaban J connectivity index is 1.50. The lowest BCUT2D eigenvalue weighted by Crippen LogP contribution is -2.10. The van der Waals surface area contributed by atoms with Crippen LogP contribution in [0.1, 0.15) is 30.0 Å². The smallest absolute Gasteiger partial charge is 0.213 e. The van der Waals surface area contributed by atoms with Gasteiger partial charge in [0.2, 0.25) is 5.88 Å². The normalized spacial score (nSPS) is 14.0. The maximum Gasteiger partial charge on any atom is 0.213 e. The van der Waals surface area contributed by atoms with Gasteiger partial charge in [0.15, 0.2) is 0 Å². The molecule has 0 radical (unpaired) electrons. The number of benzene rings is 1. The van der Waals surface area contributed by atoms with Crippen LogP contribution >= 0.6 is 0 Å². The summed E-state index contributed by atoms with van der Waals surface area (Å²) in [6.45, 7) is 5.42. The predicted molar refractivity (Wildman–Crippen MR) is 95.9 cm³/mol. The Morgan fingerprint density at radius 3 is 2.68 bits per heavy atom. The SMILES string of the molecule is C/C(=N\OCc1ccc(C)cc1)c1ccc(OCC2=NOCC2)nc1. The van der Waals surface area contributed by atoms with Crippen LogP contribution in [-0.2, 0) is 16.3 Å². The van der Waals surface area contributed by atoms with Gasteiger partial charge in [0.1, 0.15) is 19.8 Å². The standard InChI is InChI=1S/C19H21N3O3/c1-14-3-5-16(6-4-14)12-25-21-15(2)17-7-8-19(20-11-17)23-13-18-9-10-24-22-18/h3-8,11H,9-10,12-13H2,1-2H3/b21-15+. The fraction of sp³-hybridized carbons (Fsp3) is 0.316. The second-order valence-electron chi connectivity index (χ2n) is 5.85. The molecule has 0 unspecified atom stereocenters. The number of nitrogens with zero attached hydrogens (tertiary/aromatic N) is 3. The topological polar surface area (TPSA) is 65.3 Å². The van der Waals surface area contributed by atoms with Gasteiger partial charge in [-0.1, -0.05) is 40.1 Å². The van der Waals surface area contributed by atoms with Crippen LogP contribution in [0.4, 0.5) is 0 Å². The minimum Gasteiger partial charge on any atom is -0.471 e.